The normalized spacial score (nSPS) is 20.9. The summed E-state index contributed by atoms with van der Waals surface area (Å²) in [4.78, 5) is 26.1. The third kappa shape index (κ3) is 3.78. The van der Waals surface area contributed by atoms with E-state index < -0.39 is 0 Å². The van der Waals surface area contributed by atoms with E-state index in [-0.39, 0.29) is 11.7 Å². The van der Waals surface area contributed by atoms with Gasteiger partial charge in [-0.05, 0) is 38.8 Å². The summed E-state index contributed by atoms with van der Waals surface area (Å²) in [5.74, 6) is 1.35. The van der Waals surface area contributed by atoms with Crippen molar-refractivity contribution in [2.75, 3.05) is 31.6 Å². The Balaban J connectivity index is 1.38. The predicted octanol–water partition coefficient (Wildman–Crippen LogP) is 1.72. The summed E-state index contributed by atoms with van der Waals surface area (Å²) in [5.41, 5.74) is 2.07. The third-order valence-corrected chi connectivity index (χ3v) is 5.18. The molecule has 1 aliphatic heterocycles. The molecule has 138 valence electrons. The molecule has 1 saturated carbocycles. The third-order valence-electron chi connectivity index (χ3n) is 5.18. The quantitative estimate of drug-likeness (QED) is 0.850. The molecule has 0 radical (unpaired) electrons. The Kier molecular flexibility index (Phi) is 4.74. The number of aromatic nitrogens is 3. The number of aromatic amines is 1. The Hall–Kier alpha value is -2.25. The number of morpholine rings is 1. The van der Waals surface area contributed by atoms with Crippen LogP contribution in [0.3, 0.4) is 0 Å². The summed E-state index contributed by atoms with van der Waals surface area (Å²) >= 11 is 0. The maximum absolute atomic E-state index is 11.9. The highest BCUT2D eigenvalue weighted by molar-refractivity contribution is 5.56. The molecular weight excluding hydrogens is 330 g/mol. The maximum atomic E-state index is 11.9. The first-order valence-electron chi connectivity index (χ1n) is 9.23. The number of nitrogens with one attached hydrogen (secondary N) is 2. The second-order valence-electron chi connectivity index (χ2n) is 7.16. The molecule has 0 aromatic carbocycles. The van der Waals surface area contributed by atoms with E-state index in [1.807, 2.05) is 19.1 Å². The van der Waals surface area contributed by atoms with Gasteiger partial charge in [0.05, 0.1) is 12.7 Å². The number of aryl methyl sites for hydroxylation is 1. The molecule has 26 heavy (non-hydrogen) atoms. The van der Waals surface area contributed by atoms with Crippen LogP contribution in [0.2, 0.25) is 0 Å². The molecule has 2 fully saturated rings. The molecule has 2 aromatic heterocycles. The van der Waals surface area contributed by atoms with Gasteiger partial charge in [-0.25, -0.2) is 9.97 Å². The lowest BCUT2D eigenvalue weighted by Gasteiger charge is -2.33. The van der Waals surface area contributed by atoms with E-state index >= 15 is 0 Å². The van der Waals surface area contributed by atoms with Crippen LogP contribution >= 0.6 is 0 Å². The molecule has 0 bridgehead atoms. The Morgan fingerprint density at radius 3 is 2.88 bits per heavy atom. The molecule has 7 heteroatoms. The molecule has 7 nitrogen and oxygen atoms in total. The molecule has 1 saturated heterocycles. The lowest BCUT2D eigenvalue weighted by atomic mass is 10.2. The van der Waals surface area contributed by atoms with Crippen LogP contribution in [-0.2, 0) is 4.74 Å². The number of rotatable bonds is 5. The number of pyridine rings is 1. The standard InChI is InChI=1S/C19H25N5O2/c1-12-13(2)22-18(23-19(12)25)14-3-6-17(20-9-14)21-10-16-11-24(7-8-26-16)15-4-5-15/h3,6,9,15-16H,4-5,7-8,10-11H2,1-2H3,(H,20,21)(H,22,23,25). The van der Waals surface area contributed by atoms with Crippen LogP contribution in [0.1, 0.15) is 24.1 Å². The average molecular weight is 355 g/mol. The van der Waals surface area contributed by atoms with E-state index in [2.05, 4.69) is 25.2 Å². The molecule has 1 atom stereocenters. The maximum Gasteiger partial charge on any atom is 0.254 e. The van der Waals surface area contributed by atoms with E-state index in [0.29, 0.717) is 11.4 Å². The fourth-order valence-corrected chi connectivity index (χ4v) is 3.28. The first-order valence-corrected chi connectivity index (χ1v) is 9.23. The molecule has 0 amide bonds. The van der Waals surface area contributed by atoms with Crippen LogP contribution in [0.25, 0.3) is 11.4 Å². The number of hydrogen-bond donors (Lipinski definition) is 2. The zero-order valence-electron chi connectivity index (χ0n) is 15.3. The topological polar surface area (TPSA) is 83.1 Å². The molecular formula is C19H25N5O2. The van der Waals surface area contributed by atoms with E-state index in [1.54, 1.807) is 13.1 Å². The van der Waals surface area contributed by atoms with E-state index in [4.69, 9.17) is 4.74 Å². The van der Waals surface area contributed by atoms with Crippen molar-refractivity contribution in [3.05, 3.63) is 39.9 Å². The van der Waals surface area contributed by atoms with E-state index in [1.165, 1.54) is 12.8 Å². The number of hydrogen-bond acceptors (Lipinski definition) is 6. The van der Waals surface area contributed by atoms with Crippen molar-refractivity contribution in [3.63, 3.8) is 0 Å². The van der Waals surface area contributed by atoms with Crippen molar-refractivity contribution in [2.24, 2.45) is 0 Å². The molecule has 1 unspecified atom stereocenters. The number of nitrogens with zero attached hydrogens (tertiary/aromatic N) is 3. The fourth-order valence-electron chi connectivity index (χ4n) is 3.28. The van der Waals surface area contributed by atoms with Crippen molar-refractivity contribution < 1.29 is 4.74 Å². The Labute approximate surface area is 152 Å². The summed E-state index contributed by atoms with van der Waals surface area (Å²) in [5, 5.41) is 3.35. The second-order valence-corrected chi connectivity index (χ2v) is 7.16. The second kappa shape index (κ2) is 7.17. The van der Waals surface area contributed by atoms with Crippen LogP contribution in [-0.4, -0.2) is 58.2 Å². The zero-order valence-corrected chi connectivity index (χ0v) is 15.3. The first kappa shape index (κ1) is 17.2. The highest BCUT2D eigenvalue weighted by atomic mass is 16.5. The lowest BCUT2D eigenvalue weighted by molar-refractivity contribution is -0.0241. The summed E-state index contributed by atoms with van der Waals surface area (Å²) in [6.07, 6.45) is 4.59. The summed E-state index contributed by atoms with van der Waals surface area (Å²) in [6.45, 7) is 7.20. The number of anilines is 1. The van der Waals surface area contributed by atoms with Gasteiger partial charge >= 0.3 is 0 Å². The summed E-state index contributed by atoms with van der Waals surface area (Å²) in [7, 11) is 0. The summed E-state index contributed by atoms with van der Waals surface area (Å²) in [6, 6.07) is 4.61. The van der Waals surface area contributed by atoms with Gasteiger partial charge in [0.15, 0.2) is 0 Å². The SMILES string of the molecule is Cc1nc(-c2ccc(NCC3CN(C4CC4)CCO3)nc2)[nH]c(=O)c1C. The summed E-state index contributed by atoms with van der Waals surface area (Å²) < 4.78 is 5.86. The highest BCUT2D eigenvalue weighted by Gasteiger charge is 2.32. The van der Waals surface area contributed by atoms with Crippen LogP contribution in [0.4, 0.5) is 5.82 Å². The van der Waals surface area contributed by atoms with Gasteiger partial charge < -0.3 is 15.0 Å². The molecule has 1 aliphatic carbocycles. The molecule has 4 rings (SSSR count). The fraction of sp³-hybridized carbons (Fsp3) is 0.526. The van der Waals surface area contributed by atoms with Gasteiger partial charge in [0.2, 0.25) is 0 Å². The van der Waals surface area contributed by atoms with Crippen molar-refractivity contribution in [1.82, 2.24) is 19.9 Å². The number of ether oxygens (including phenoxy) is 1. The molecule has 0 spiro atoms. The van der Waals surface area contributed by atoms with Gasteiger partial charge in [-0.2, -0.15) is 0 Å². The van der Waals surface area contributed by atoms with Gasteiger partial charge in [0, 0.05) is 48.7 Å². The van der Waals surface area contributed by atoms with Crippen molar-refractivity contribution in [1.29, 1.82) is 0 Å². The van der Waals surface area contributed by atoms with Gasteiger partial charge in [-0.1, -0.05) is 0 Å². The van der Waals surface area contributed by atoms with Crippen LogP contribution < -0.4 is 10.9 Å². The monoisotopic (exact) mass is 355 g/mol. The minimum absolute atomic E-state index is 0.107. The van der Waals surface area contributed by atoms with Crippen molar-refractivity contribution in [3.8, 4) is 11.4 Å². The first-order chi connectivity index (χ1) is 12.6. The highest BCUT2D eigenvalue weighted by Crippen LogP contribution is 2.28. The smallest absolute Gasteiger partial charge is 0.254 e. The zero-order chi connectivity index (χ0) is 18.1. The Morgan fingerprint density at radius 1 is 1.35 bits per heavy atom. The minimum Gasteiger partial charge on any atom is -0.374 e. The molecule has 2 N–H and O–H groups in total. The minimum atomic E-state index is -0.107. The van der Waals surface area contributed by atoms with Crippen molar-refractivity contribution >= 4 is 5.82 Å². The van der Waals surface area contributed by atoms with Crippen molar-refractivity contribution in [2.45, 2.75) is 38.8 Å². The Morgan fingerprint density at radius 2 is 2.19 bits per heavy atom. The van der Waals surface area contributed by atoms with Gasteiger partial charge in [-0.3, -0.25) is 9.69 Å². The lowest BCUT2D eigenvalue weighted by Crippen LogP contribution is -2.46. The van der Waals surface area contributed by atoms with E-state index in [0.717, 1.165) is 49.4 Å². The number of H-pyrrole nitrogens is 1. The average Bonchev–Trinajstić information content (AvgIpc) is 3.50. The molecule has 2 aromatic rings. The van der Waals surface area contributed by atoms with Gasteiger partial charge in [0.25, 0.3) is 5.56 Å². The van der Waals surface area contributed by atoms with E-state index in [9.17, 15) is 4.79 Å². The molecule has 3 heterocycles. The Bertz CT molecular complexity index is 829. The van der Waals surface area contributed by atoms with Crippen LogP contribution in [0.5, 0.6) is 0 Å². The van der Waals surface area contributed by atoms with Gasteiger partial charge in [-0.15, -0.1) is 0 Å². The van der Waals surface area contributed by atoms with Gasteiger partial charge in [0.1, 0.15) is 11.6 Å². The van der Waals surface area contributed by atoms with Crippen LogP contribution in [0.15, 0.2) is 23.1 Å². The molecule has 2 aliphatic rings. The largest absolute Gasteiger partial charge is 0.374 e. The predicted molar refractivity (Wildman–Crippen MR) is 100 cm³/mol. The van der Waals surface area contributed by atoms with Crippen LogP contribution in [0, 0.1) is 13.8 Å².